The molecule has 1 saturated heterocycles. The van der Waals surface area contributed by atoms with Crippen LogP contribution in [0.4, 0.5) is 0 Å². The minimum atomic E-state index is 0. The lowest BCUT2D eigenvalue weighted by Gasteiger charge is -2.20. The van der Waals surface area contributed by atoms with Crippen LogP contribution in [0.1, 0.15) is 56.9 Å². The Kier molecular flexibility index (Phi) is 10.1. The van der Waals surface area contributed by atoms with Gasteiger partial charge in [0.15, 0.2) is 5.96 Å². The van der Waals surface area contributed by atoms with Gasteiger partial charge >= 0.3 is 0 Å². The first kappa shape index (κ1) is 23.0. The van der Waals surface area contributed by atoms with Gasteiger partial charge in [-0.1, -0.05) is 36.8 Å². The molecular formula is C22H35IN4O. The number of aliphatic imine (C=N–C) groups is 1. The van der Waals surface area contributed by atoms with Gasteiger partial charge < -0.3 is 15.5 Å². The van der Waals surface area contributed by atoms with Gasteiger partial charge in [0.25, 0.3) is 0 Å². The summed E-state index contributed by atoms with van der Waals surface area (Å²) in [7, 11) is 0. The summed E-state index contributed by atoms with van der Waals surface area (Å²) in [5.41, 5.74) is 1.44. The minimum absolute atomic E-state index is 0. The number of carbonyl (C=O) groups excluding carboxylic acids is 1. The number of benzene rings is 1. The normalized spacial score (nSPS) is 22.2. The van der Waals surface area contributed by atoms with Gasteiger partial charge in [0.05, 0.1) is 0 Å². The Morgan fingerprint density at radius 1 is 1.18 bits per heavy atom. The van der Waals surface area contributed by atoms with E-state index in [0.717, 1.165) is 64.4 Å². The van der Waals surface area contributed by atoms with Gasteiger partial charge in [-0.3, -0.25) is 9.79 Å². The molecule has 2 aliphatic rings. The van der Waals surface area contributed by atoms with Crippen LogP contribution in [0.2, 0.25) is 0 Å². The summed E-state index contributed by atoms with van der Waals surface area (Å²) < 4.78 is 0. The summed E-state index contributed by atoms with van der Waals surface area (Å²) in [6, 6.07) is 10.8. The number of hydrogen-bond donors (Lipinski definition) is 2. The maximum absolute atomic E-state index is 12.0. The molecule has 0 radical (unpaired) electrons. The van der Waals surface area contributed by atoms with Gasteiger partial charge in [0.2, 0.25) is 5.91 Å². The SMILES string of the molecule is CCNC(=NCC1CC1c1ccccc1)NCCCN1CCCCCC1=O.I. The van der Waals surface area contributed by atoms with E-state index >= 15 is 0 Å². The zero-order chi connectivity index (χ0) is 18.9. The Morgan fingerprint density at radius 3 is 2.79 bits per heavy atom. The van der Waals surface area contributed by atoms with Crippen molar-refractivity contribution >= 4 is 35.8 Å². The van der Waals surface area contributed by atoms with Gasteiger partial charge in [0, 0.05) is 39.1 Å². The van der Waals surface area contributed by atoms with Crippen LogP contribution in [0.5, 0.6) is 0 Å². The number of rotatable bonds is 8. The largest absolute Gasteiger partial charge is 0.357 e. The number of amides is 1. The number of guanidine groups is 1. The van der Waals surface area contributed by atoms with E-state index in [0.29, 0.717) is 17.7 Å². The third-order valence-corrected chi connectivity index (χ3v) is 5.55. The highest BCUT2D eigenvalue weighted by Gasteiger charge is 2.37. The fourth-order valence-corrected chi connectivity index (χ4v) is 3.86. The molecule has 1 aromatic rings. The molecule has 1 heterocycles. The number of halogens is 1. The molecule has 1 aliphatic heterocycles. The number of hydrogen-bond acceptors (Lipinski definition) is 2. The molecule has 1 amide bonds. The Balaban J connectivity index is 0.00000280. The Bertz CT molecular complexity index is 622. The zero-order valence-corrected chi connectivity index (χ0v) is 19.4. The van der Waals surface area contributed by atoms with E-state index in [1.54, 1.807) is 0 Å². The third-order valence-electron chi connectivity index (χ3n) is 5.55. The first-order valence-corrected chi connectivity index (χ1v) is 10.6. The highest BCUT2D eigenvalue weighted by molar-refractivity contribution is 14.0. The van der Waals surface area contributed by atoms with Crippen molar-refractivity contribution in [3.05, 3.63) is 35.9 Å². The molecule has 156 valence electrons. The molecule has 6 heteroatoms. The minimum Gasteiger partial charge on any atom is -0.357 e. The van der Waals surface area contributed by atoms with Crippen molar-refractivity contribution in [1.29, 1.82) is 0 Å². The van der Waals surface area contributed by atoms with E-state index in [1.807, 2.05) is 4.90 Å². The van der Waals surface area contributed by atoms with Crippen molar-refractivity contribution in [1.82, 2.24) is 15.5 Å². The Morgan fingerprint density at radius 2 is 2.00 bits per heavy atom. The lowest BCUT2D eigenvalue weighted by atomic mass is 10.1. The first-order chi connectivity index (χ1) is 13.3. The number of nitrogens with one attached hydrogen (secondary N) is 2. The molecule has 2 unspecified atom stereocenters. The zero-order valence-electron chi connectivity index (χ0n) is 17.0. The smallest absolute Gasteiger partial charge is 0.222 e. The van der Waals surface area contributed by atoms with Crippen LogP contribution in [0.15, 0.2) is 35.3 Å². The highest BCUT2D eigenvalue weighted by atomic mass is 127. The van der Waals surface area contributed by atoms with Crippen LogP contribution in [0.3, 0.4) is 0 Å². The Labute approximate surface area is 186 Å². The van der Waals surface area contributed by atoms with E-state index in [1.165, 1.54) is 18.4 Å². The molecule has 2 atom stereocenters. The summed E-state index contributed by atoms with van der Waals surface area (Å²) in [6.07, 6.45) is 6.31. The average molecular weight is 498 g/mol. The monoisotopic (exact) mass is 498 g/mol. The highest BCUT2D eigenvalue weighted by Crippen LogP contribution is 2.47. The molecule has 2 fully saturated rings. The van der Waals surface area contributed by atoms with Crippen LogP contribution in [0, 0.1) is 5.92 Å². The van der Waals surface area contributed by atoms with Crippen molar-refractivity contribution < 1.29 is 4.79 Å². The van der Waals surface area contributed by atoms with Gasteiger partial charge in [-0.05, 0) is 50.0 Å². The summed E-state index contributed by atoms with van der Waals surface area (Å²) >= 11 is 0. The fraction of sp³-hybridized carbons (Fsp3) is 0.636. The second-order valence-electron chi connectivity index (χ2n) is 7.70. The molecule has 1 aromatic carbocycles. The third kappa shape index (κ3) is 7.26. The van der Waals surface area contributed by atoms with Crippen molar-refractivity contribution in [2.75, 3.05) is 32.7 Å². The standard InChI is InChI=1S/C22H34N4O.HI/c1-2-23-22(24-13-9-15-26-14-8-4-7-12-21(26)27)25-17-19-16-20(19)18-10-5-3-6-11-18;/h3,5-6,10-11,19-20H,2,4,7-9,12-17H2,1H3,(H2,23,24,25);1H. The van der Waals surface area contributed by atoms with Crippen molar-refractivity contribution in [3.63, 3.8) is 0 Å². The number of nitrogens with zero attached hydrogens (tertiary/aromatic N) is 2. The van der Waals surface area contributed by atoms with E-state index < -0.39 is 0 Å². The lowest BCUT2D eigenvalue weighted by molar-refractivity contribution is -0.130. The van der Waals surface area contributed by atoms with Crippen molar-refractivity contribution in [2.45, 2.75) is 51.4 Å². The predicted molar refractivity (Wildman–Crippen MR) is 126 cm³/mol. The molecule has 0 bridgehead atoms. The molecule has 0 spiro atoms. The van der Waals surface area contributed by atoms with Gasteiger partial charge in [0.1, 0.15) is 0 Å². The molecule has 28 heavy (non-hydrogen) atoms. The lowest BCUT2D eigenvalue weighted by Crippen LogP contribution is -2.39. The topological polar surface area (TPSA) is 56.7 Å². The second-order valence-corrected chi connectivity index (χ2v) is 7.70. The van der Waals surface area contributed by atoms with Crippen LogP contribution in [0.25, 0.3) is 0 Å². The van der Waals surface area contributed by atoms with Crippen molar-refractivity contribution in [3.8, 4) is 0 Å². The van der Waals surface area contributed by atoms with E-state index in [9.17, 15) is 4.79 Å². The molecule has 0 aromatic heterocycles. The summed E-state index contributed by atoms with van der Waals surface area (Å²) in [4.78, 5) is 18.9. The number of likely N-dealkylation sites (tertiary alicyclic amines) is 1. The van der Waals surface area contributed by atoms with Crippen molar-refractivity contribution in [2.24, 2.45) is 10.9 Å². The van der Waals surface area contributed by atoms with E-state index in [-0.39, 0.29) is 24.0 Å². The summed E-state index contributed by atoms with van der Waals surface area (Å²) in [5.74, 6) is 2.57. The number of carbonyl (C=O) groups is 1. The summed E-state index contributed by atoms with van der Waals surface area (Å²) in [6.45, 7) is 6.46. The molecule has 5 nitrogen and oxygen atoms in total. The first-order valence-electron chi connectivity index (χ1n) is 10.6. The summed E-state index contributed by atoms with van der Waals surface area (Å²) in [5, 5.41) is 6.77. The molecular weight excluding hydrogens is 463 g/mol. The van der Waals surface area contributed by atoms with Crippen LogP contribution in [-0.2, 0) is 4.79 Å². The van der Waals surface area contributed by atoms with Crippen LogP contribution >= 0.6 is 24.0 Å². The van der Waals surface area contributed by atoms with Crippen LogP contribution in [-0.4, -0.2) is 49.5 Å². The van der Waals surface area contributed by atoms with Gasteiger partial charge in [-0.25, -0.2) is 0 Å². The molecule has 1 saturated carbocycles. The van der Waals surface area contributed by atoms with Gasteiger partial charge in [-0.15, -0.1) is 24.0 Å². The molecule has 2 N–H and O–H groups in total. The van der Waals surface area contributed by atoms with Crippen LogP contribution < -0.4 is 10.6 Å². The quantitative estimate of drug-likeness (QED) is 0.249. The van der Waals surface area contributed by atoms with E-state index in [4.69, 9.17) is 4.99 Å². The maximum atomic E-state index is 12.0. The second kappa shape index (κ2) is 12.3. The molecule has 3 rings (SSSR count). The molecule has 1 aliphatic carbocycles. The average Bonchev–Trinajstić information content (AvgIpc) is 3.49. The maximum Gasteiger partial charge on any atom is 0.222 e. The Hall–Kier alpha value is -1.31. The predicted octanol–water partition coefficient (Wildman–Crippen LogP) is 3.76. The van der Waals surface area contributed by atoms with E-state index in [2.05, 4.69) is 47.9 Å². The fourth-order valence-electron chi connectivity index (χ4n) is 3.86. The van der Waals surface area contributed by atoms with Gasteiger partial charge in [-0.2, -0.15) is 0 Å².